The monoisotopic (exact) mass is 897 g/mol. The van der Waals surface area contributed by atoms with Crippen LogP contribution in [0.1, 0.15) is 52.7 Å². The van der Waals surface area contributed by atoms with Gasteiger partial charge in [0.1, 0.15) is 24.6 Å². The molecule has 0 fully saturated rings. The molecular weight excluding hydrogens is 857 g/mol. The minimum atomic E-state index is -8.69. The predicted octanol–water partition coefficient (Wildman–Crippen LogP) is 10.3. The van der Waals surface area contributed by atoms with Gasteiger partial charge in [0.05, 0.1) is 6.61 Å². The van der Waals surface area contributed by atoms with Gasteiger partial charge in [-0.15, -0.1) is 0 Å². The Labute approximate surface area is 321 Å². The number of amides is 1. The zero-order valence-corrected chi connectivity index (χ0v) is 32.1. The predicted molar refractivity (Wildman–Crippen MR) is 173 cm³/mol. The van der Waals surface area contributed by atoms with Gasteiger partial charge in [-0.05, 0) is 47.3 Å². The quantitative estimate of drug-likeness (QED) is 0.0204. The zero-order valence-electron chi connectivity index (χ0n) is 31.1. The molecule has 0 unspecified atom stereocenters. The Morgan fingerprint density at radius 1 is 0.741 bits per heavy atom. The Kier molecular flexibility index (Phi) is 17.0. The highest BCUT2D eigenvalue weighted by molar-refractivity contribution is 6.76. The van der Waals surface area contributed by atoms with Gasteiger partial charge in [-0.3, -0.25) is 10.0 Å². The Morgan fingerprint density at radius 2 is 1.19 bits per heavy atom. The fraction of sp³-hybridized carbons (Fsp3) is 0.667. The number of hydrogen-bond donors (Lipinski definition) is 3. The first-order valence-corrected chi connectivity index (χ1v) is 18.9. The first kappa shape index (κ1) is 52.9. The van der Waals surface area contributed by atoms with Crippen LogP contribution in [0.25, 0.3) is 0 Å². The molecule has 0 aliphatic heterocycles. The van der Waals surface area contributed by atoms with Gasteiger partial charge in [0, 0.05) is 19.6 Å². The summed E-state index contributed by atoms with van der Waals surface area (Å²) in [7, 11) is -2.70. The van der Waals surface area contributed by atoms with Crippen molar-refractivity contribution in [3.8, 4) is 5.75 Å². The van der Waals surface area contributed by atoms with Crippen molar-refractivity contribution in [3.63, 3.8) is 0 Å². The van der Waals surface area contributed by atoms with Gasteiger partial charge in [-0.2, -0.15) is 74.6 Å². The first-order valence-electron chi connectivity index (χ1n) is 16.6. The summed E-state index contributed by atoms with van der Waals surface area (Å²) in [4.78, 5) is 11.2. The Bertz CT molecular complexity index is 1560. The number of allylic oxidation sites excluding steroid dienone is 2. The van der Waals surface area contributed by atoms with Crippen molar-refractivity contribution >= 4 is 14.2 Å². The molecule has 1 rings (SSSR count). The van der Waals surface area contributed by atoms with Gasteiger partial charge >= 0.3 is 47.6 Å². The lowest BCUT2D eigenvalue weighted by Crippen LogP contribution is -2.74. The number of ether oxygens (including phenoxy) is 2. The third-order valence-electron chi connectivity index (χ3n) is 9.12. The van der Waals surface area contributed by atoms with E-state index in [9.17, 15) is 84.5 Å². The van der Waals surface area contributed by atoms with Crippen molar-refractivity contribution in [1.29, 1.82) is 0 Å². The van der Waals surface area contributed by atoms with E-state index in [1.807, 2.05) is 0 Å². The molecule has 25 heteroatoms. The van der Waals surface area contributed by atoms with Crippen LogP contribution in [-0.4, -0.2) is 98.6 Å². The Balaban J connectivity index is 3.22. The fourth-order valence-corrected chi connectivity index (χ4v) is 10.0. The van der Waals surface area contributed by atoms with E-state index in [4.69, 9.17) is 19.1 Å². The molecule has 1 amide bonds. The van der Waals surface area contributed by atoms with Crippen molar-refractivity contribution < 1.29 is 104 Å². The van der Waals surface area contributed by atoms with E-state index in [0.29, 0.717) is 11.1 Å². The second kappa shape index (κ2) is 18.6. The molecule has 0 spiro atoms. The number of aliphatic hydroxyl groups excluding tert-OH is 1. The SMILES string of the molecule is CO[C@H](/C=C/C(C)=C/C(=O)NO)[C@H](O)c1ccc(OCCO[Si](CCC(F)(F)C(F)(F)C(F)(F)C(F)(F)C(F)(F)C(F)(F)C(F)(F)C(F)(F)F)(C(C)C)C(C)C)cc1. The molecule has 0 saturated carbocycles. The topological polar surface area (TPSA) is 97.3 Å². The molecule has 336 valence electrons. The summed E-state index contributed by atoms with van der Waals surface area (Å²) >= 11 is 0. The summed E-state index contributed by atoms with van der Waals surface area (Å²) in [6.45, 7) is 5.83. The Hall–Kier alpha value is -3.16. The number of halogens is 17. The summed E-state index contributed by atoms with van der Waals surface area (Å²) in [5.74, 6) is -57.5. The van der Waals surface area contributed by atoms with Crippen LogP contribution in [0.2, 0.25) is 17.1 Å². The van der Waals surface area contributed by atoms with Crippen LogP contribution < -0.4 is 10.2 Å². The molecule has 7 nitrogen and oxygen atoms in total. The van der Waals surface area contributed by atoms with E-state index < -0.39 is 111 Å². The lowest BCUT2D eigenvalue weighted by Gasteiger charge is -2.44. The van der Waals surface area contributed by atoms with Gasteiger partial charge in [0.15, 0.2) is 8.32 Å². The van der Waals surface area contributed by atoms with Crippen LogP contribution >= 0.6 is 0 Å². The lowest BCUT2D eigenvalue weighted by molar-refractivity contribution is -0.461. The summed E-state index contributed by atoms with van der Waals surface area (Å²) in [6, 6.07) is 4.17. The number of aliphatic hydroxyl groups is 1. The maximum absolute atomic E-state index is 14.9. The van der Waals surface area contributed by atoms with Crippen LogP contribution in [0.3, 0.4) is 0 Å². The highest BCUT2D eigenvalue weighted by Crippen LogP contribution is 2.64. The van der Waals surface area contributed by atoms with Gasteiger partial charge in [-0.1, -0.05) is 52.0 Å². The average molecular weight is 898 g/mol. The highest BCUT2D eigenvalue weighted by Gasteiger charge is 2.95. The molecule has 0 aliphatic rings. The lowest BCUT2D eigenvalue weighted by atomic mass is 9.88. The number of alkyl halides is 17. The van der Waals surface area contributed by atoms with E-state index >= 15 is 0 Å². The van der Waals surface area contributed by atoms with Crippen molar-refractivity contribution in [2.24, 2.45) is 0 Å². The summed E-state index contributed by atoms with van der Waals surface area (Å²) in [5, 5.41) is 19.3. The van der Waals surface area contributed by atoms with E-state index in [-0.39, 0.29) is 5.75 Å². The molecule has 0 aromatic heterocycles. The van der Waals surface area contributed by atoms with Gasteiger partial charge in [-0.25, -0.2) is 5.48 Å². The van der Waals surface area contributed by atoms with Gasteiger partial charge < -0.3 is 19.0 Å². The number of hydrogen-bond acceptors (Lipinski definition) is 6. The number of methoxy groups -OCH3 is 1. The largest absolute Gasteiger partial charge is 0.491 e. The van der Waals surface area contributed by atoms with Crippen molar-refractivity contribution in [2.45, 2.75) is 118 Å². The molecule has 1 aromatic carbocycles. The first-order chi connectivity index (χ1) is 26.0. The second-order valence-electron chi connectivity index (χ2n) is 13.5. The maximum Gasteiger partial charge on any atom is 0.460 e. The van der Waals surface area contributed by atoms with Crippen LogP contribution in [0.15, 0.2) is 48.1 Å². The van der Waals surface area contributed by atoms with Crippen molar-refractivity contribution in [2.75, 3.05) is 20.3 Å². The highest BCUT2D eigenvalue weighted by atomic mass is 28.4. The number of hydroxylamine groups is 1. The molecule has 0 aliphatic carbocycles. The smallest absolute Gasteiger partial charge is 0.460 e. The third-order valence-corrected chi connectivity index (χ3v) is 14.8. The number of rotatable bonds is 22. The minimum absolute atomic E-state index is 0.115. The molecule has 58 heavy (non-hydrogen) atoms. The Morgan fingerprint density at radius 3 is 1.60 bits per heavy atom. The molecule has 3 N–H and O–H groups in total. The standard InChI is InChI=1S/C33H40F17NO6Si/c1-18(2)58(19(3)4,57-15-14-56-22-10-8-21(9-11-22)25(53)23(55-6)12-7-20(5)17-24(52)51-54)16-13-26(34,35)27(36,37)28(38,39)29(40,41)30(42,43)31(44,45)32(46,47)33(48,49)50/h7-12,17-19,23,25,53-54H,13-16H2,1-6H3,(H,51,52)/b12-7+,20-17+/t23-,25-/m1/s1. The number of carbonyl (C=O) groups excluding carboxylic acids is 1. The van der Waals surface area contributed by atoms with Crippen molar-refractivity contribution in [3.05, 3.63) is 53.6 Å². The molecule has 2 atom stereocenters. The fourth-order valence-electron chi connectivity index (χ4n) is 5.54. The summed E-state index contributed by atoms with van der Waals surface area (Å²) < 4.78 is 251. The normalized spacial score (nSPS) is 16.0. The van der Waals surface area contributed by atoms with E-state index in [0.717, 1.165) is 6.08 Å². The van der Waals surface area contributed by atoms with Crippen LogP contribution in [-0.2, 0) is 14.0 Å². The molecule has 0 heterocycles. The zero-order chi connectivity index (χ0) is 45.7. The average Bonchev–Trinajstić information content (AvgIpc) is 3.10. The van der Waals surface area contributed by atoms with Crippen LogP contribution in [0.5, 0.6) is 5.75 Å². The van der Waals surface area contributed by atoms with Crippen molar-refractivity contribution in [1.82, 2.24) is 5.48 Å². The molecular formula is C33H40F17NO6Si. The minimum Gasteiger partial charge on any atom is -0.491 e. The van der Waals surface area contributed by atoms with E-state index in [2.05, 4.69) is 0 Å². The number of benzene rings is 1. The third kappa shape index (κ3) is 10.2. The van der Waals surface area contributed by atoms with Gasteiger partial charge in [0.2, 0.25) is 0 Å². The van der Waals surface area contributed by atoms with E-state index in [1.54, 1.807) is 0 Å². The molecule has 0 saturated heterocycles. The summed E-state index contributed by atoms with van der Waals surface area (Å²) in [6.07, 6.45) is -8.72. The van der Waals surface area contributed by atoms with Crippen LogP contribution in [0, 0.1) is 0 Å². The van der Waals surface area contributed by atoms with E-state index in [1.165, 1.54) is 83.6 Å². The maximum atomic E-state index is 14.9. The number of nitrogens with one attached hydrogen (secondary N) is 1. The summed E-state index contributed by atoms with van der Waals surface area (Å²) in [5.41, 5.74) is 0.323. The van der Waals surface area contributed by atoms with Gasteiger partial charge in [0.25, 0.3) is 5.91 Å². The van der Waals surface area contributed by atoms with Crippen LogP contribution in [0.4, 0.5) is 74.6 Å². The second-order valence-corrected chi connectivity index (χ2v) is 18.6. The molecule has 0 radical (unpaired) electrons. The molecule has 0 bridgehead atoms. The molecule has 1 aromatic rings. The number of carbonyl (C=O) groups is 1.